The third-order valence-corrected chi connectivity index (χ3v) is 6.48. The van der Waals surface area contributed by atoms with E-state index in [0.29, 0.717) is 21.9 Å². The fourth-order valence-electron chi connectivity index (χ4n) is 2.55. The molecule has 0 aliphatic rings. The number of thiazole rings is 1. The minimum Gasteiger partial charge on any atom is -0.248 e. The zero-order valence-corrected chi connectivity index (χ0v) is 16.1. The van der Waals surface area contributed by atoms with Crippen LogP contribution in [-0.2, 0) is 23.0 Å². The van der Waals surface area contributed by atoms with E-state index < -0.39 is 10.0 Å². The molecule has 7 heteroatoms. The van der Waals surface area contributed by atoms with Gasteiger partial charge in [0.2, 0.25) is 10.0 Å². The highest BCUT2D eigenvalue weighted by Crippen LogP contribution is 2.20. The fraction of sp³-hybridized carbons (Fsp3) is 0.211. The topological polar surface area (TPSA) is 59.1 Å². The van der Waals surface area contributed by atoms with Gasteiger partial charge >= 0.3 is 0 Å². The molecule has 1 N–H and O–H groups in total. The molecule has 0 saturated heterocycles. The lowest BCUT2D eigenvalue weighted by Gasteiger charge is -2.09. The molecule has 1 heterocycles. The Bertz CT molecular complexity index is 1010. The van der Waals surface area contributed by atoms with Crippen LogP contribution in [0.2, 0.25) is 0 Å². The molecule has 3 rings (SSSR count). The molecule has 0 spiro atoms. The second-order valence-corrected chi connectivity index (χ2v) is 9.05. The average Bonchev–Trinajstić information content (AvgIpc) is 3.05. The highest BCUT2D eigenvalue weighted by Gasteiger charge is 2.17. The SMILES string of the molecule is Cc1ccc(C)c(S(=O)(=O)NCc2ncc(Cc3ccc(F)cc3)s2)c1. The lowest BCUT2D eigenvalue weighted by Crippen LogP contribution is -2.24. The standard InChI is InChI=1S/C19H19FN2O2S2/c1-13-3-4-14(2)18(9-13)26(23,24)22-12-19-21-11-17(25-19)10-15-5-7-16(20)8-6-15/h3-9,11,22H,10,12H2,1-2H3. The van der Waals surface area contributed by atoms with E-state index in [-0.39, 0.29) is 12.4 Å². The van der Waals surface area contributed by atoms with E-state index in [2.05, 4.69) is 9.71 Å². The van der Waals surface area contributed by atoms with Crippen molar-refractivity contribution < 1.29 is 12.8 Å². The van der Waals surface area contributed by atoms with Crippen LogP contribution >= 0.6 is 11.3 Å². The third kappa shape index (κ3) is 4.55. The molecule has 4 nitrogen and oxygen atoms in total. The van der Waals surface area contributed by atoms with Crippen molar-refractivity contribution in [2.75, 3.05) is 0 Å². The van der Waals surface area contributed by atoms with Crippen molar-refractivity contribution in [2.24, 2.45) is 0 Å². The first kappa shape index (κ1) is 18.7. The highest BCUT2D eigenvalue weighted by atomic mass is 32.2. The van der Waals surface area contributed by atoms with Gasteiger partial charge in [-0.3, -0.25) is 0 Å². The lowest BCUT2D eigenvalue weighted by molar-refractivity contribution is 0.580. The number of aromatic nitrogens is 1. The van der Waals surface area contributed by atoms with Crippen LogP contribution in [-0.4, -0.2) is 13.4 Å². The Morgan fingerprint density at radius 3 is 2.58 bits per heavy atom. The maximum absolute atomic E-state index is 13.0. The van der Waals surface area contributed by atoms with Crippen LogP contribution in [0, 0.1) is 19.7 Å². The number of nitrogens with one attached hydrogen (secondary N) is 1. The quantitative estimate of drug-likeness (QED) is 0.693. The van der Waals surface area contributed by atoms with Crippen molar-refractivity contribution in [1.29, 1.82) is 0 Å². The number of hydrogen-bond acceptors (Lipinski definition) is 4. The van der Waals surface area contributed by atoms with E-state index in [9.17, 15) is 12.8 Å². The van der Waals surface area contributed by atoms with Gasteiger partial charge in [-0.25, -0.2) is 22.5 Å². The number of sulfonamides is 1. The van der Waals surface area contributed by atoms with Crippen LogP contribution in [0.5, 0.6) is 0 Å². The van der Waals surface area contributed by atoms with Gasteiger partial charge in [-0.15, -0.1) is 11.3 Å². The Morgan fingerprint density at radius 2 is 1.85 bits per heavy atom. The summed E-state index contributed by atoms with van der Waals surface area (Å²) in [4.78, 5) is 5.57. The van der Waals surface area contributed by atoms with E-state index in [1.807, 2.05) is 13.0 Å². The summed E-state index contributed by atoms with van der Waals surface area (Å²) in [6, 6.07) is 11.7. The average molecular weight is 391 g/mol. The van der Waals surface area contributed by atoms with E-state index >= 15 is 0 Å². The van der Waals surface area contributed by atoms with Gasteiger partial charge in [-0.2, -0.15) is 0 Å². The first-order valence-electron chi connectivity index (χ1n) is 8.08. The van der Waals surface area contributed by atoms with Crippen LogP contribution in [0.3, 0.4) is 0 Å². The van der Waals surface area contributed by atoms with Gasteiger partial charge in [0.1, 0.15) is 10.8 Å². The van der Waals surface area contributed by atoms with Gasteiger partial charge in [0, 0.05) is 17.5 Å². The molecule has 0 aliphatic heterocycles. The molecule has 0 atom stereocenters. The molecule has 0 aliphatic carbocycles. The number of nitrogens with zero attached hydrogens (tertiary/aromatic N) is 1. The molecular weight excluding hydrogens is 371 g/mol. The number of aryl methyl sites for hydroxylation is 2. The van der Waals surface area contributed by atoms with Crippen molar-refractivity contribution in [3.63, 3.8) is 0 Å². The molecular formula is C19H19FN2O2S2. The molecule has 3 aromatic rings. The first-order valence-corrected chi connectivity index (χ1v) is 10.4. The predicted molar refractivity (Wildman–Crippen MR) is 101 cm³/mol. The molecule has 0 fully saturated rings. The van der Waals surface area contributed by atoms with Crippen molar-refractivity contribution in [3.05, 3.63) is 81.1 Å². The molecule has 0 saturated carbocycles. The molecule has 0 unspecified atom stereocenters. The van der Waals surface area contributed by atoms with Gasteiger partial charge in [-0.1, -0.05) is 24.3 Å². The van der Waals surface area contributed by atoms with Gasteiger partial charge < -0.3 is 0 Å². The van der Waals surface area contributed by atoms with Crippen molar-refractivity contribution in [1.82, 2.24) is 9.71 Å². The summed E-state index contributed by atoms with van der Waals surface area (Å²) in [6.45, 7) is 3.78. The van der Waals surface area contributed by atoms with Gasteiger partial charge in [0.05, 0.1) is 11.4 Å². The lowest BCUT2D eigenvalue weighted by atomic mass is 10.1. The van der Waals surface area contributed by atoms with Gasteiger partial charge in [0.15, 0.2) is 0 Å². The van der Waals surface area contributed by atoms with Crippen molar-refractivity contribution in [2.45, 2.75) is 31.7 Å². The number of benzene rings is 2. The summed E-state index contributed by atoms with van der Waals surface area (Å²) in [5.41, 5.74) is 2.59. The second-order valence-electron chi connectivity index (χ2n) is 6.12. The van der Waals surface area contributed by atoms with Gasteiger partial charge in [-0.05, 0) is 48.7 Å². The van der Waals surface area contributed by atoms with Crippen LogP contribution in [0.15, 0.2) is 53.6 Å². The normalized spacial score (nSPS) is 11.7. The zero-order chi connectivity index (χ0) is 18.7. The largest absolute Gasteiger partial charge is 0.248 e. The summed E-state index contributed by atoms with van der Waals surface area (Å²) in [5.74, 6) is -0.264. The van der Waals surface area contributed by atoms with Crippen LogP contribution < -0.4 is 4.72 Å². The third-order valence-electron chi connectivity index (χ3n) is 3.94. The smallest absolute Gasteiger partial charge is 0.241 e. The summed E-state index contributed by atoms with van der Waals surface area (Å²) >= 11 is 1.44. The Hall–Kier alpha value is -2.09. The predicted octanol–water partition coefficient (Wildman–Crippen LogP) is 3.97. The minimum atomic E-state index is -3.59. The maximum atomic E-state index is 13.0. The van der Waals surface area contributed by atoms with Gasteiger partial charge in [0.25, 0.3) is 0 Å². The Labute approximate surface area is 156 Å². The van der Waals surface area contributed by atoms with E-state index in [0.717, 1.165) is 16.0 Å². The number of rotatable bonds is 6. The van der Waals surface area contributed by atoms with E-state index in [1.165, 1.54) is 23.5 Å². The highest BCUT2D eigenvalue weighted by molar-refractivity contribution is 7.89. The maximum Gasteiger partial charge on any atom is 0.241 e. The minimum absolute atomic E-state index is 0.143. The molecule has 0 radical (unpaired) electrons. The van der Waals surface area contributed by atoms with Crippen LogP contribution in [0.25, 0.3) is 0 Å². The number of hydrogen-bond donors (Lipinski definition) is 1. The number of halogens is 1. The Morgan fingerprint density at radius 1 is 1.12 bits per heavy atom. The zero-order valence-electron chi connectivity index (χ0n) is 14.5. The van der Waals surface area contributed by atoms with E-state index in [1.54, 1.807) is 37.4 Å². The fourth-order valence-corrected chi connectivity index (χ4v) is 4.85. The van der Waals surface area contributed by atoms with Crippen LogP contribution in [0.1, 0.15) is 26.6 Å². The molecule has 136 valence electrons. The molecule has 26 heavy (non-hydrogen) atoms. The Kier molecular flexibility index (Phi) is 5.50. The molecule has 1 aromatic heterocycles. The second kappa shape index (κ2) is 7.65. The molecule has 0 bridgehead atoms. The van der Waals surface area contributed by atoms with Crippen molar-refractivity contribution in [3.8, 4) is 0 Å². The van der Waals surface area contributed by atoms with Crippen molar-refractivity contribution >= 4 is 21.4 Å². The summed E-state index contributed by atoms with van der Waals surface area (Å²) in [6.07, 6.45) is 2.37. The summed E-state index contributed by atoms with van der Waals surface area (Å²) in [7, 11) is -3.59. The Balaban J connectivity index is 1.67. The molecule has 2 aromatic carbocycles. The monoisotopic (exact) mass is 390 g/mol. The van der Waals surface area contributed by atoms with Crippen LogP contribution in [0.4, 0.5) is 4.39 Å². The summed E-state index contributed by atoms with van der Waals surface area (Å²) in [5, 5.41) is 0.691. The summed E-state index contributed by atoms with van der Waals surface area (Å²) < 4.78 is 40.7. The first-order chi connectivity index (χ1) is 12.3. The molecule has 0 amide bonds. The van der Waals surface area contributed by atoms with E-state index in [4.69, 9.17) is 0 Å².